The number of carbonyl (C=O) groups is 3. The topological polar surface area (TPSA) is 214 Å². The smallest absolute Gasteiger partial charge is 0.436 e. The van der Waals surface area contributed by atoms with E-state index in [4.69, 9.17) is 16.2 Å². The second-order valence-electron chi connectivity index (χ2n) is 7.63. The fourth-order valence-electron chi connectivity index (χ4n) is 2.54. The summed E-state index contributed by atoms with van der Waals surface area (Å²) in [4.78, 5) is 59.4. The monoisotopic (exact) mass is 460 g/mol. The lowest BCUT2D eigenvalue weighted by Gasteiger charge is -2.26. The number of benzene rings is 2. The first-order valence-electron chi connectivity index (χ1n) is 9.17. The Hall–Kier alpha value is -4.75. The first-order chi connectivity index (χ1) is 15.2. The molecule has 5 N–H and O–H groups in total. The third-order valence-electron chi connectivity index (χ3n) is 3.90. The zero-order chi connectivity index (χ0) is 25.1. The van der Waals surface area contributed by atoms with E-state index < -0.39 is 55.9 Å². The lowest BCUT2D eigenvalue weighted by atomic mass is 10.1. The summed E-state index contributed by atoms with van der Waals surface area (Å²) in [6.07, 6.45) is -1.38. The molecule has 3 amide bonds. The van der Waals surface area contributed by atoms with Gasteiger partial charge in [0.05, 0.1) is 9.85 Å². The lowest BCUT2D eigenvalue weighted by Crippen LogP contribution is -2.51. The van der Waals surface area contributed by atoms with Gasteiger partial charge in [0.25, 0.3) is 23.2 Å². The highest BCUT2D eigenvalue weighted by Gasteiger charge is 2.35. The molecule has 0 heterocycles. The van der Waals surface area contributed by atoms with Gasteiger partial charge in [-0.05, 0) is 45.0 Å². The van der Waals surface area contributed by atoms with Gasteiger partial charge in [-0.15, -0.1) is 5.01 Å². The molecule has 0 aliphatic heterocycles. The normalized spacial score (nSPS) is 10.8. The van der Waals surface area contributed by atoms with Crippen molar-refractivity contribution in [3.63, 3.8) is 0 Å². The molecule has 0 fully saturated rings. The van der Waals surface area contributed by atoms with Crippen LogP contribution in [0.2, 0.25) is 0 Å². The SMILES string of the molecule is CC(C)(C)OC(=O)N(NC(=O)c1ccc(N)cc1[N+](=O)[O-])C(=O)c1ccc(N)cc1[N+](=O)[O-]. The van der Waals surface area contributed by atoms with Gasteiger partial charge >= 0.3 is 6.09 Å². The molecule has 2 rings (SSSR count). The van der Waals surface area contributed by atoms with Crippen molar-refractivity contribution in [1.82, 2.24) is 10.4 Å². The van der Waals surface area contributed by atoms with E-state index in [0.29, 0.717) is 0 Å². The highest BCUT2D eigenvalue weighted by Crippen LogP contribution is 2.25. The van der Waals surface area contributed by atoms with Crippen molar-refractivity contribution >= 4 is 40.7 Å². The van der Waals surface area contributed by atoms with Crippen molar-refractivity contribution in [3.8, 4) is 0 Å². The van der Waals surface area contributed by atoms with Gasteiger partial charge < -0.3 is 16.2 Å². The van der Waals surface area contributed by atoms with Crippen molar-refractivity contribution < 1.29 is 29.0 Å². The van der Waals surface area contributed by atoms with Gasteiger partial charge in [0, 0.05) is 23.5 Å². The van der Waals surface area contributed by atoms with Crippen LogP contribution < -0.4 is 16.9 Å². The van der Waals surface area contributed by atoms with E-state index in [1.807, 2.05) is 5.43 Å². The van der Waals surface area contributed by atoms with Crippen LogP contribution in [0.5, 0.6) is 0 Å². The molecule has 0 aromatic heterocycles. The molecule has 0 spiro atoms. The minimum atomic E-state index is -1.38. The molecule has 2 aromatic carbocycles. The van der Waals surface area contributed by atoms with E-state index in [1.165, 1.54) is 32.9 Å². The Bertz CT molecular complexity index is 1160. The minimum absolute atomic E-state index is 0.00387. The number of nitro benzene ring substituents is 2. The van der Waals surface area contributed by atoms with E-state index in [-0.39, 0.29) is 16.4 Å². The number of nitrogens with one attached hydrogen (secondary N) is 1. The first-order valence-corrected chi connectivity index (χ1v) is 9.17. The van der Waals surface area contributed by atoms with Crippen LogP contribution in [0.15, 0.2) is 36.4 Å². The van der Waals surface area contributed by atoms with Crippen molar-refractivity contribution in [2.45, 2.75) is 26.4 Å². The van der Waals surface area contributed by atoms with Gasteiger partial charge in [0.1, 0.15) is 16.7 Å². The summed E-state index contributed by atoms with van der Waals surface area (Å²) in [5, 5.41) is 22.8. The molecule has 14 heteroatoms. The number of ether oxygens (including phenoxy) is 1. The van der Waals surface area contributed by atoms with Gasteiger partial charge in [-0.1, -0.05) is 0 Å². The molecule has 174 valence electrons. The van der Waals surface area contributed by atoms with E-state index in [0.717, 1.165) is 24.3 Å². The molecular formula is C19H20N6O8. The number of carbonyl (C=O) groups excluding carboxylic acids is 3. The van der Waals surface area contributed by atoms with Gasteiger partial charge in [-0.2, -0.15) is 0 Å². The number of rotatable bonds is 4. The Kier molecular flexibility index (Phi) is 6.81. The fourth-order valence-corrected chi connectivity index (χ4v) is 2.54. The van der Waals surface area contributed by atoms with Crippen LogP contribution in [0.25, 0.3) is 0 Å². The highest BCUT2D eigenvalue weighted by molar-refractivity contribution is 6.08. The maximum absolute atomic E-state index is 13.1. The van der Waals surface area contributed by atoms with Crippen LogP contribution in [0, 0.1) is 20.2 Å². The van der Waals surface area contributed by atoms with Crippen molar-refractivity contribution in [1.29, 1.82) is 0 Å². The number of nitro groups is 2. The molecule has 14 nitrogen and oxygen atoms in total. The first kappa shape index (κ1) is 24.5. The van der Waals surface area contributed by atoms with Gasteiger partial charge in [0.2, 0.25) is 0 Å². The summed E-state index contributed by atoms with van der Waals surface area (Å²) < 4.78 is 5.10. The molecular weight excluding hydrogens is 440 g/mol. The Labute approximate surface area is 186 Å². The Morgan fingerprint density at radius 3 is 1.82 bits per heavy atom. The number of amides is 3. The summed E-state index contributed by atoms with van der Waals surface area (Å²) >= 11 is 0. The van der Waals surface area contributed by atoms with Gasteiger partial charge in [0.15, 0.2) is 0 Å². The molecule has 0 unspecified atom stereocenters. The number of hydrogen-bond donors (Lipinski definition) is 3. The Morgan fingerprint density at radius 1 is 0.909 bits per heavy atom. The molecule has 0 radical (unpaired) electrons. The lowest BCUT2D eigenvalue weighted by molar-refractivity contribution is -0.385. The van der Waals surface area contributed by atoms with Crippen LogP contribution in [0.1, 0.15) is 41.5 Å². The summed E-state index contributed by atoms with van der Waals surface area (Å²) in [6, 6.07) is 6.20. The second-order valence-corrected chi connectivity index (χ2v) is 7.63. The van der Waals surface area contributed by atoms with Crippen molar-refractivity contribution in [2.24, 2.45) is 0 Å². The zero-order valence-electron chi connectivity index (χ0n) is 17.7. The summed E-state index contributed by atoms with van der Waals surface area (Å²) in [5.74, 6) is -2.57. The zero-order valence-corrected chi connectivity index (χ0v) is 17.7. The quantitative estimate of drug-likeness (QED) is 0.344. The molecule has 0 saturated carbocycles. The maximum Gasteiger partial charge on any atom is 0.436 e. The summed E-state index contributed by atoms with van der Waals surface area (Å²) in [5.41, 5.74) is 9.28. The van der Waals surface area contributed by atoms with Crippen molar-refractivity contribution in [3.05, 3.63) is 67.8 Å². The van der Waals surface area contributed by atoms with Crippen LogP contribution in [-0.4, -0.2) is 38.4 Å². The summed E-state index contributed by atoms with van der Waals surface area (Å²) in [7, 11) is 0. The molecule has 0 aliphatic rings. The standard InChI is InChI=1S/C19H20N6O8/c1-19(2,3)33-18(28)23(17(27)13-7-5-11(21)9-15(13)25(31)32)22-16(26)12-6-4-10(20)8-14(12)24(29)30/h4-9H,20-21H2,1-3H3,(H,22,26). The molecule has 33 heavy (non-hydrogen) atoms. The van der Waals surface area contributed by atoms with E-state index >= 15 is 0 Å². The highest BCUT2D eigenvalue weighted by atomic mass is 16.6. The number of imide groups is 1. The minimum Gasteiger partial charge on any atom is -0.442 e. The van der Waals surface area contributed by atoms with E-state index in [2.05, 4.69) is 0 Å². The number of anilines is 2. The number of nitrogen functional groups attached to an aromatic ring is 2. The number of hydrogen-bond acceptors (Lipinski definition) is 10. The molecule has 2 aromatic rings. The van der Waals surface area contributed by atoms with Crippen molar-refractivity contribution in [2.75, 3.05) is 11.5 Å². The molecule has 0 atom stereocenters. The Balaban J connectivity index is 2.54. The average Bonchev–Trinajstić information content (AvgIpc) is 2.69. The largest absolute Gasteiger partial charge is 0.442 e. The summed E-state index contributed by atoms with van der Waals surface area (Å²) in [6.45, 7) is 4.43. The molecule has 0 bridgehead atoms. The third kappa shape index (κ3) is 5.90. The van der Waals surface area contributed by atoms with Crippen LogP contribution in [0.3, 0.4) is 0 Å². The Morgan fingerprint density at radius 2 is 1.36 bits per heavy atom. The predicted molar refractivity (Wildman–Crippen MR) is 115 cm³/mol. The van der Waals surface area contributed by atoms with Crippen LogP contribution in [0.4, 0.5) is 27.5 Å². The number of nitrogens with two attached hydrogens (primary N) is 2. The number of nitrogens with zero attached hydrogens (tertiary/aromatic N) is 3. The fraction of sp³-hybridized carbons (Fsp3) is 0.211. The van der Waals surface area contributed by atoms with Gasteiger partial charge in [-0.3, -0.25) is 35.2 Å². The molecule has 0 aliphatic carbocycles. The molecule has 0 saturated heterocycles. The maximum atomic E-state index is 13.1. The number of hydrazine groups is 1. The van der Waals surface area contributed by atoms with E-state index in [9.17, 15) is 34.6 Å². The second kappa shape index (κ2) is 9.17. The van der Waals surface area contributed by atoms with Crippen LogP contribution in [-0.2, 0) is 4.74 Å². The average molecular weight is 460 g/mol. The van der Waals surface area contributed by atoms with E-state index in [1.54, 1.807) is 0 Å². The third-order valence-corrected chi connectivity index (χ3v) is 3.90. The van der Waals surface area contributed by atoms with Crippen LogP contribution >= 0.6 is 0 Å². The van der Waals surface area contributed by atoms with Gasteiger partial charge in [-0.25, -0.2) is 4.79 Å². The predicted octanol–water partition coefficient (Wildman–Crippen LogP) is 2.39.